The van der Waals surface area contributed by atoms with E-state index in [1.54, 1.807) is 7.11 Å². The van der Waals surface area contributed by atoms with E-state index < -0.39 is 11.8 Å². The molecular formula is C15H25NO4. The molecule has 3 rings (SSSR count). The summed E-state index contributed by atoms with van der Waals surface area (Å²) < 4.78 is 17.0. The van der Waals surface area contributed by atoms with Gasteiger partial charge in [0.25, 0.3) is 0 Å². The van der Waals surface area contributed by atoms with Crippen molar-refractivity contribution in [3.63, 3.8) is 0 Å². The number of hydrogen-bond acceptors (Lipinski definition) is 5. The van der Waals surface area contributed by atoms with Crippen molar-refractivity contribution in [2.45, 2.75) is 62.7 Å². The summed E-state index contributed by atoms with van der Waals surface area (Å²) in [5, 5.41) is 10.2. The molecule has 0 unspecified atom stereocenters. The normalized spacial score (nSPS) is 50.0. The average Bonchev–Trinajstić information content (AvgIpc) is 3.29. The molecule has 2 aliphatic heterocycles. The van der Waals surface area contributed by atoms with Crippen LogP contribution in [0.1, 0.15) is 33.1 Å². The molecular weight excluding hydrogens is 258 g/mol. The molecule has 0 aromatic rings. The van der Waals surface area contributed by atoms with Crippen LogP contribution in [0, 0.1) is 5.92 Å². The molecule has 20 heavy (non-hydrogen) atoms. The zero-order valence-corrected chi connectivity index (χ0v) is 12.5. The molecule has 3 aliphatic rings. The smallest absolute Gasteiger partial charge is 0.152 e. The first-order chi connectivity index (χ1) is 9.43. The van der Waals surface area contributed by atoms with Gasteiger partial charge in [-0.05, 0) is 33.1 Å². The molecule has 5 heteroatoms. The summed E-state index contributed by atoms with van der Waals surface area (Å²) in [6.45, 7) is 4.82. The first kappa shape index (κ1) is 14.5. The lowest BCUT2D eigenvalue weighted by atomic mass is 9.71. The lowest BCUT2D eigenvalue weighted by molar-refractivity contribution is -0.117. The summed E-state index contributed by atoms with van der Waals surface area (Å²) in [7, 11) is 1.62. The molecule has 2 heterocycles. The lowest BCUT2D eigenvalue weighted by Gasteiger charge is -2.41. The van der Waals surface area contributed by atoms with E-state index in [0.717, 1.165) is 12.8 Å². The highest BCUT2D eigenvalue weighted by atomic mass is 16.6. The molecule has 3 N–H and O–H groups in total. The van der Waals surface area contributed by atoms with E-state index >= 15 is 0 Å². The molecule has 1 aliphatic carbocycles. The van der Waals surface area contributed by atoms with Gasteiger partial charge in [-0.3, -0.25) is 0 Å². The monoisotopic (exact) mass is 283 g/mol. The van der Waals surface area contributed by atoms with Gasteiger partial charge in [-0.2, -0.15) is 0 Å². The van der Waals surface area contributed by atoms with E-state index in [-0.39, 0.29) is 23.7 Å². The van der Waals surface area contributed by atoms with Gasteiger partial charge >= 0.3 is 0 Å². The van der Waals surface area contributed by atoms with Crippen molar-refractivity contribution in [3.8, 4) is 0 Å². The lowest BCUT2D eigenvalue weighted by Crippen LogP contribution is -2.58. The fraction of sp³-hybridized carbons (Fsp3) is 0.867. The van der Waals surface area contributed by atoms with Crippen molar-refractivity contribution in [2.75, 3.05) is 13.7 Å². The Bertz CT molecular complexity index is 416. The number of aliphatic hydroxyl groups excluding tert-OH is 1. The predicted molar refractivity (Wildman–Crippen MR) is 74.1 cm³/mol. The summed E-state index contributed by atoms with van der Waals surface area (Å²) in [5.74, 6) is -0.0979. The standard InChI is InChI=1S/C15H25NO4/c1-9(2)4-5-11-15(16,20-11)13-12(18-3)10(17)6-7-14(13)8-19-14/h4,10-13,17H,5-8,16H2,1-3H3/t10-,11-,12-,13+,14+,15+/m1/s1. The number of aliphatic hydroxyl groups is 1. The third kappa shape index (κ3) is 2.22. The van der Waals surface area contributed by atoms with Crippen LogP contribution < -0.4 is 5.73 Å². The number of nitrogens with two attached hydrogens (primary N) is 1. The topological polar surface area (TPSA) is 80.5 Å². The van der Waals surface area contributed by atoms with Gasteiger partial charge in [-0.25, -0.2) is 0 Å². The van der Waals surface area contributed by atoms with E-state index in [1.165, 1.54) is 5.57 Å². The fourth-order valence-corrected chi connectivity index (χ4v) is 3.67. The van der Waals surface area contributed by atoms with Crippen molar-refractivity contribution in [2.24, 2.45) is 11.7 Å². The highest BCUT2D eigenvalue weighted by molar-refractivity contribution is 5.20. The Labute approximate surface area is 120 Å². The highest BCUT2D eigenvalue weighted by Crippen LogP contribution is 2.57. The molecule has 3 fully saturated rings. The van der Waals surface area contributed by atoms with Crippen LogP contribution in [0.25, 0.3) is 0 Å². The molecule has 114 valence electrons. The molecule has 0 bridgehead atoms. The minimum atomic E-state index is -0.732. The maximum Gasteiger partial charge on any atom is 0.152 e. The molecule has 6 atom stereocenters. The largest absolute Gasteiger partial charge is 0.390 e. The SMILES string of the molecule is CO[C@@H]1[C@H](O)CC[C@]2(CO2)[C@H]1[C@@]1(N)O[C@@H]1CC=C(C)C. The summed E-state index contributed by atoms with van der Waals surface area (Å²) >= 11 is 0. The minimum absolute atomic E-state index is 0.00794. The summed E-state index contributed by atoms with van der Waals surface area (Å²) in [5.41, 5.74) is 6.76. The van der Waals surface area contributed by atoms with Gasteiger partial charge in [0.05, 0.1) is 24.7 Å². The molecule has 0 amide bonds. The number of allylic oxidation sites excluding steroid dienone is 1. The van der Waals surface area contributed by atoms with Crippen molar-refractivity contribution in [3.05, 3.63) is 11.6 Å². The summed E-state index contributed by atoms with van der Waals surface area (Å²) in [6, 6.07) is 0. The second kappa shape index (κ2) is 4.78. The second-order valence-electron chi connectivity index (χ2n) is 6.61. The van der Waals surface area contributed by atoms with Gasteiger partial charge in [0, 0.05) is 7.11 Å². The average molecular weight is 283 g/mol. The molecule has 1 saturated carbocycles. The Morgan fingerprint density at radius 3 is 2.75 bits per heavy atom. The van der Waals surface area contributed by atoms with Crippen LogP contribution in [-0.2, 0) is 14.2 Å². The van der Waals surface area contributed by atoms with Gasteiger partial charge in [-0.15, -0.1) is 0 Å². The van der Waals surface area contributed by atoms with Crippen LogP contribution >= 0.6 is 0 Å². The van der Waals surface area contributed by atoms with Crippen molar-refractivity contribution in [1.82, 2.24) is 0 Å². The summed E-state index contributed by atoms with van der Waals surface area (Å²) in [6.07, 6.45) is 3.66. The Balaban J connectivity index is 1.78. The van der Waals surface area contributed by atoms with E-state index in [1.807, 2.05) is 0 Å². The number of ether oxygens (including phenoxy) is 3. The maximum absolute atomic E-state index is 10.2. The first-order valence-electron chi connectivity index (χ1n) is 7.38. The molecule has 1 spiro atoms. The number of methoxy groups -OCH3 is 1. The molecule has 0 radical (unpaired) electrons. The Morgan fingerprint density at radius 1 is 1.50 bits per heavy atom. The molecule has 0 aromatic carbocycles. The fourth-order valence-electron chi connectivity index (χ4n) is 3.67. The highest BCUT2D eigenvalue weighted by Gasteiger charge is 2.72. The minimum Gasteiger partial charge on any atom is -0.390 e. The van der Waals surface area contributed by atoms with Crippen molar-refractivity contribution in [1.29, 1.82) is 0 Å². The number of epoxide rings is 2. The Hall–Kier alpha value is -0.460. The van der Waals surface area contributed by atoms with Crippen LogP contribution in [0.3, 0.4) is 0 Å². The Kier molecular flexibility index (Phi) is 3.46. The summed E-state index contributed by atoms with van der Waals surface area (Å²) in [4.78, 5) is 0. The van der Waals surface area contributed by atoms with Gasteiger partial charge in [0.2, 0.25) is 0 Å². The van der Waals surface area contributed by atoms with Crippen LogP contribution in [0.15, 0.2) is 11.6 Å². The van der Waals surface area contributed by atoms with Crippen molar-refractivity contribution < 1.29 is 19.3 Å². The number of rotatable bonds is 4. The van der Waals surface area contributed by atoms with E-state index in [9.17, 15) is 5.11 Å². The van der Waals surface area contributed by atoms with Crippen molar-refractivity contribution >= 4 is 0 Å². The Morgan fingerprint density at radius 2 is 2.20 bits per heavy atom. The molecule has 0 aromatic heterocycles. The first-order valence-corrected chi connectivity index (χ1v) is 7.38. The van der Waals surface area contributed by atoms with E-state index in [0.29, 0.717) is 13.0 Å². The van der Waals surface area contributed by atoms with Crippen LogP contribution in [0.5, 0.6) is 0 Å². The van der Waals surface area contributed by atoms with Crippen LogP contribution in [-0.4, -0.2) is 48.5 Å². The van der Waals surface area contributed by atoms with Gasteiger partial charge in [0.15, 0.2) is 5.72 Å². The van der Waals surface area contributed by atoms with Gasteiger partial charge in [-0.1, -0.05) is 11.6 Å². The maximum atomic E-state index is 10.2. The second-order valence-corrected chi connectivity index (χ2v) is 6.61. The van der Waals surface area contributed by atoms with Crippen LogP contribution in [0.4, 0.5) is 0 Å². The molecule has 2 saturated heterocycles. The predicted octanol–water partition coefficient (Wildman–Crippen LogP) is 0.951. The van der Waals surface area contributed by atoms with E-state index in [2.05, 4.69) is 19.9 Å². The van der Waals surface area contributed by atoms with Gasteiger partial charge in [0.1, 0.15) is 11.7 Å². The third-order valence-electron chi connectivity index (χ3n) is 4.94. The zero-order chi connectivity index (χ0) is 14.5. The quantitative estimate of drug-likeness (QED) is 0.593. The van der Waals surface area contributed by atoms with E-state index in [4.69, 9.17) is 19.9 Å². The molecule has 5 nitrogen and oxygen atoms in total. The number of hydrogen-bond donors (Lipinski definition) is 2. The van der Waals surface area contributed by atoms with Crippen LogP contribution in [0.2, 0.25) is 0 Å². The zero-order valence-electron chi connectivity index (χ0n) is 12.5. The van der Waals surface area contributed by atoms with Gasteiger partial charge < -0.3 is 25.1 Å². The third-order valence-corrected chi connectivity index (χ3v) is 4.94.